The lowest BCUT2D eigenvalue weighted by atomic mass is 9.92. The van der Waals surface area contributed by atoms with E-state index in [1.165, 1.54) is 5.39 Å². The summed E-state index contributed by atoms with van der Waals surface area (Å²) < 4.78 is 5.42. The molecule has 1 aliphatic heterocycles. The zero-order valence-electron chi connectivity index (χ0n) is 10.1. The fourth-order valence-electron chi connectivity index (χ4n) is 2.44. The number of esters is 1. The first kappa shape index (κ1) is 11.0. The molecule has 0 N–H and O–H groups in total. The third kappa shape index (κ3) is 1.80. The first-order valence-electron chi connectivity index (χ1n) is 6.12. The Kier molecular flexibility index (Phi) is 2.63. The average molecular weight is 238 g/mol. The van der Waals surface area contributed by atoms with Crippen molar-refractivity contribution in [2.75, 3.05) is 0 Å². The van der Waals surface area contributed by atoms with Crippen molar-refractivity contribution in [2.45, 2.75) is 12.8 Å². The van der Waals surface area contributed by atoms with Crippen molar-refractivity contribution < 1.29 is 9.53 Å². The highest BCUT2D eigenvalue weighted by molar-refractivity contribution is 5.87. The van der Waals surface area contributed by atoms with Crippen LogP contribution in [0.4, 0.5) is 0 Å². The van der Waals surface area contributed by atoms with Crippen LogP contribution < -0.4 is 4.74 Å². The fourth-order valence-corrected chi connectivity index (χ4v) is 2.44. The van der Waals surface area contributed by atoms with Crippen LogP contribution in [-0.4, -0.2) is 5.97 Å². The molecular formula is C16H14O2. The minimum Gasteiger partial charge on any atom is -0.426 e. The lowest BCUT2D eigenvalue weighted by molar-refractivity contribution is -0.140. The molecule has 1 unspecified atom stereocenters. The van der Waals surface area contributed by atoms with Crippen LogP contribution in [0.15, 0.2) is 49.1 Å². The lowest BCUT2D eigenvalue weighted by Crippen LogP contribution is -2.27. The van der Waals surface area contributed by atoms with Gasteiger partial charge in [-0.2, -0.15) is 0 Å². The Morgan fingerprint density at radius 3 is 2.72 bits per heavy atom. The maximum atomic E-state index is 11.8. The van der Waals surface area contributed by atoms with Crippen LogP contribution in [0.1, 0.15) is 12.0 Å². The zero-order chi connectivity index (χ0) is 12.5. The SMILES string of the molecule is C=CCC1Cc2cc3ccccc3cc2OC1=O. The molecule has 0 aromatic heterocycles. The van der Waals surface area contributed by atoms with Gasteiger partial charge in [0.1, 0.15) is 5.75 Å². The molecule has 0 aliphatic carbocycles. The van der Waals surface area contributed by atoms with Crippen molar-refractivity contribution in [1.29, 1.82) is 0 Å². The van der Waals surface area contributed by atoms with E-state index in [1.807, 2.05) is 24.3 Å². The number of hydrogen-bond acceptors (Lipinski definition) is 2. The summed E-state index contributed by atoms with van der Waals surface area (Å²) in [4.78, 5) is 11.8. The Bertz CT molecular complexity index is 628. The van der Waals surface area contributed by atoms with Crippen LogP contribution in [0.5, 0.6) is 5.75 Å². The predicted molar refractivity (Wildman–Crippen MR) is 71.6 cm³/mol. The maximum absolute atomic E-state index is 11.8. The number of ether oxygens (including phenoxy) is 1. The maximum Gasteiger partial charge on any atom is 0.314 e. The van der Waals surface area contributed by atoms with Gasteiger partial charge in [-0.05, 0) is 41.3 Å². The van der Waals surface area contributed by atoms with Gasteiger partial charge in [0.25, 0.3) is 0 Å². The molecule has 0 amide bonds. The van der Waals surface area contributed by atoms with Gasteiger partial charge >= 0.3 is 5.97 Å². The van der Waals surface area contributed by atoms with Gasteiger partial charge in [-0.3, -0.25) is 4.79 Å². The summed E-state index contributed by atoms with van der Waals surface area (Å²) in [6.45, 7) is 3.69. The highest BCUT2D eigenvalue weighted by Crippen LogP contribution is 2.33. The first-order chi connectivity index (χ1) is 8.78. The molecule has 2 aromatic rings. The molecule has 1 heterocycles. The van der Waals surface area contributed by atoms with E-state index in [1.54, 1.807) is 6.08 Å². The zero-order valence-corrected chi connectivity index (χ0v) is 10.1. The van der Waals surface area contributed by atoms with Gasteiger partial charge < -0.3 is 4.74 Å². The topological polar surface area (TPSA) is 26.3 Å². The van der Waals surface area contributed by atoms with E-state index < -0.39 is 0 Å². The van der Waals surface area contributed by atoms with Crippen molar-refractivity contribution in [1.82, 2.24) is 0 Å². The van der Waals surface area contributed by atoms with Gasteiger partial charge in [0, 0.05) is 0 Å². The number of hydrogen-bond donors (Lipinski definition) is 0. The van der Waals surface area contributed by atoms with Crippen molar-refractivity contribution in [3.63, 3.8) is 0 Å². The molecule has 2 nitrogen and oxygen atoms in total. The summed E-state index contributed by atoms with van der Waals surface area (Å²) in [7, 11) is 0. The van der Waals surface area contributed by atoms with E-state index in [0.29, 0.717) is 12.2 Å². The highest BCUT2D eigenvalue weighted by atomic mass is 16.5. The van der Waals surface area contributed by atoms with E-state index in [0.717, 1.165) is 17.4 Å². The van der Waals surface area contributed by atoms with E-state index >= 15 is 0 Å². The van der Waals surface area contributed by atoms with Crippen LogP contribution in [0, 0.1) is 5.92 Å². The fraction of sp³-hybridized carbons (Fsp3) is 0.188. The van der Waals surface area contributed by atoms with Crippen LogP contribution in [0.2, 0.25) is 0 Å². The van der Waals surface area contributed by atoms with Gasteiger partial charge in [0.15, 0.2) is 0 Å². The molecular weight excluding hydrogens is 224 g/mol. The molecule has 3 rings (SSSR count). The second-order valence-corrected chi connectivity index (χ2v) is 4.65. The van der Waals surface area contributed by atoms with Gasteiger partial charge in [-0.25, -0.2) is 0 Å². The van der Waals surface area contributed by atoms with Crippen LogP contribution in [0.25, 0.3) is 10.8 Å². The Hall–Kier alpha value is -2.09. The molecule has 1 aliphatic rings. The quantitative estimate of drug-likeness (QED) is 0.455. The van der Waals surface area contributed by atoms with Crippen LogP contribution in [-0.2, 0) is 11.2 Å². The number of rotatable bonds is 2. The minimum absolute atomic E-state index is 0.0869. The Morgan fingerprint density at radius 2 is 2.00 bits per heavy atom. The number of allylic oxidation sites excluding steroid dienone is 1. The summed E-state index contributed by atoms with van der Waals surface area (Å²) in [6.07, 6.45) is 3.19. The molecule has 0 radical (unpaired) electrons. The number of carbonyl (C=O) groups excluding carboxylic acids is 1. The Labute approximate surface area is 106 Å². The smallest absolute Gasteiger partial charge is 0.314 e. The van der Waals surface area contributed by atoms with E-state index in [4.69, 9.17) is 4.74 Å². The van der Waals surface area contributed by atoms with Crippen LogP contribution in [0.3, 0.4) is 0 Å². The number of benzene rings is 2. The van der Waals surface area contributed by atoms with Crippen molar-refractivity contribution in [2.24, 2.45) is 5.92 Å². The van der Waals surface area contributed by atoms with E-state index in [9.17, 15) is 4.79 Å². The lowest BCUT2D eigenvalue weighted by Gasteiger charge is -2.23. The summed E-state index contributed by atoms with van der Waals surface area (Å²) in [5.74, 6) is 0.479. The molecule has 0 fully saturated rings. The van der Waals surface area contributed by atoms with Gasteiger partial charge in [0.2, 0.25) is 0 Å². The standard InChI is InChI=1S/C16H14O2/c1-2-5-13-9-14-8-11-6-3-4-7-12(11)10-15(14)18-16(13)17/h2-4,6-8,10,13H,1,5,9H2. The minimum atomic E-state index is -0.141. The van der Waals surface area contributed by atoms with E-state index in [2.05, 4.69) is 18.7 Å². The number of carbonyl (C=O) groups is 1. The second-order valence-electron chi connectivity index (χ2n) is 4.65. The number of fused-ring (bicyclic) bond motifs is 2. The Morgan fingerprint density at radius 1 is 1.28 bits per heavy atom. The first-order valence-corrected chi connectivity index (χ1v) is 6.12. The molecule has 2 heteroatoms. The summed E-state index contributed by atoms with van der Waals surface area (Å²) in [5.41, 5.74) is 1.11. The normalized spacial score (nSPS) is 18.2. The summed E-state index contributed by atoms with van der Waals surface area (Å²) >= 11 is 0. The van der Waals surface area contributed by atoms with Crippen molar-refractivity contribution in [3.8, 4) is 5.75 Å². The van der Waals surface area contributed by atoms with Crippen molar-refractivity contribution >= 4 is 16.7 Å². The molecule has 2 aromatic carbocycles. The Balaban J connectivity index is 2.07. The van der Waals surface area contributed by atoms with E-state index in [-0.39, 0.29) is 11.9 Å². The molecule has 90 valence electrons. The van der Waals surface area contributed by atoms with Gasteiger partial charge in [-0.1, -0.05) is 30.3 Å². The molecule has 0 bridgehead atoms. The molecule has 0 spiro atoms. The van der Waals surface area contributed by atoms with Gasteiger partial charge in [-0.15, -0.1) is 6.58 Å². The average Bonchev–Trinajstić information content (AvgIpc) is 2.38. The largest absolute Gasteiger partial charge is 0.426 e. The third-order valence-electron chi connectivity index (χ3n) is 3.39. The highest BCUT2D eigenvalue weighted by Gasteiger charge is 2.27. The summed E-state index contributed by atoms with van der Waals surface area (Å²) in [6, 6.07) is 12.2. The predicted octanol–water partition coefficient (Wildman–Crippen LogP) is 3.49. The molecule has 18 heavy (non-hydrogen) atoms. The van der Waals surface area contributed by atoms with Crippen LogP contribution >= 0.6 is 0 Å². The molecule has 0 saturated heterocycles. The van der Waals surface area contributed by atoms with Crippen molar-refractivity contribution in [3.05, 3.63) is 54.6 Å². The summed E-state index contributed by atoms with van der Waals surface area (Å²) in [5, 5.41) is 2.29. The monoisotopic (exact) mass is 238 g/mol. The third-order valence-corrected chi connectivity index (χ3v) is 3.39. The van der Waals surface area contributed by atoms with Gasteiger partial charge in [0.05, 0.1) is 5.92 Å². The second kappa shape index (κ2) is 4.30. The molecule has 1 atom stereocenters. The molecule has 0 saturated carbocycles.